The van der Waals surface area contributed by atoms with Crippen LogP contribution in [0, 0.1) is 5.82 Å². The second-order valence-electron chi connectivity index (χ2n) is 9.72. The van der Waals surface area contributed by atoms with Gasteiger partial charge in [-0.3, -0.25) is 4.90 Å². The van der Waals surface area contributed by atoms with Crippen molar-refractivity contribution in [2.75, 3.05) is 6.54 Å². The van der Waals surface area contributed by atoms with Crippen molar-refractivity contribution in [3.8, 4) is 11.3 Å². The third-order valence-electron chi connectivity index (χ3n) is 7.44. The van der Waals surface area contributed by atoms with Crippen LogP contribution in [0.25, 0.3) is 22.2 Å². The van der Waals surface area contributed by atoms with Crippen molar-refractivity contribution in [3.63, 3.8) is 0 Å². The van der Waals surface area contributed by atoms with E-state index in [1.807, 2.05) is 12.1 Å². The van der Waals surface area contributed by atoms with Crippen LogP contribution in [-0.2, 0) is 13.1 Å². The third kappa shape index (κ3) is 3.84. The van der Waals surface area contributed by atoms with Gasteiger partial charge in [-0.1, -0.05) is 25.0 Å². The molecule has 0 spiro atoms. The number of aromatic nitrogens is 1. The first-order valence-corrected chi connectivity index (χ1v) is 11.9. The maximum absolute atomic E-state index is 15.3. The zero-order chi connectivity index (χ0) is 23.3. The summed E-state index contributed by atoms with van der Waals surface area (Å²) in [5.41, 5.74) is 4.58. The zero-order valence-corrected chi connectivity index (χ0v) is 19.2. The highest BCUT2D eigenvalue weighted by atomic mass is 19.1. The fourth-order valence-corrected chi connectivity index (χ4v) is 5.69. The van der Waals surface area contributed by atoms with E-state index in [1.54, 1.807) is 18.2 Å². The molecule has 1 fully saturated rings. The molecule has 6 heteroatoms. The number of fused-ring (bicyclic) bond motifs is 5. The van der Waals surface area contributed by atoms with E-state index in [1.165, 1.54) is 6.07 Å². The van der Waals surface area contributed by atoms with Crippen molar-refractivity contribution in [2.24, 2.45) is 0 Å². The molecule has 0 bridgehead atoms. The molecule has 3 aromatic rings. The minimum atomic E-state index is -0.990. The van der Waals surface area contributed by atoms with Gasteiger partial charge in [0.2, 0.25) is 0 Å². The van der Waals surface area contributed by atoms with Crippen LogP contribution >= 0.6 is 0 Å². The molecule has 4 nitrogen and oxygen atoms in total. The van der Waals surface area contributed by atoms with E-state index >= 15 is 4.39 Å². The Kier molecular flexibility index (Phi) is 5.73. The maximum Gasteiger partial charge on any atom is 0.335 e. The molecule has 2 heterocycles. The van der Waals surface area contributed by atoms with Gasteiger partial charge in [-0.15, -0.1) is 0 Å². The van der Waals surface area contributed by atoms with E-state index in [0.29, 0.717) is 25.6 Å². The van der Waals surface area contributed by atoms with Crippen molar-refractivity contribution >= 4 is 16.9 Å². The molecule has 0 amide bonds. The van der Waals surface area contributed by atoms with Gasteiger partial charge in [-0.2, -0.15) is 0 Å². The topological polar surface area (TPSA) is 45.5 Å². The Morgan fingerprint density at radius 2 is 1.88 bits per heavy atom. The third-order valence-corrected chi connectivity index (χ3v) is 7.44. The van der Waals surface area contributed by atoms with Gasteiger partial charge in [0.1, 0.15) is 12.0 Å². The van der Waals surface area contributed by atoms with E-state index in [0.717, 1.165) is 59.1 Å². The molecule has 5 rings (SSSR count). The zero-order valence-electron chi connectivity index (χ0n) is 19.2. The molecule has 0 unspecified atom stereocenters. The summed E-state index contributed by atoms with van der Waals surface area (Å²) >= 11 is 0. The van der Waals surface area contributed by atoms with Crippen molar-refractivity contribution < 1.29 is 18.7 Å². The number of rotatable bonds is 3. The molecule has 1 aromatic heterocycles. The van der Waals surface area contributed by atoms with Crippen LogP contribution in [0.2, 0.25) is 0 Å². The molecule has 0 saturated heterocycles. The summed E-state index contributed by atoms with van der Waals surface area (Å²) in [6.07, 6.45) is 2.16. The lowest BCUT2D eigenvalue weighted by atomic mass is 9.80. The first kappa shape index (κ1) is 22.1. The Morgan fingerprint density at radius 1 is 1.09 bits per heavy atom. The molecule has 2 atom stereocenters. The number of carbonyl (C=O) groups is 1. The van der Waals surface area contributed by atoms with Crippen LogP contribution in [-0.4, -0.2) is 39.3 Å². The normalized spacial score (nSPS) is 21.5. The average Bonchev–Trinajstić information content (AvgIpc) is 3.08. The summed E-state index contributed by atoms with van der Waals surface area (Å²) in [5.74, 6) is -1.58. The minimum absolute atomic E-state index is 0.206. The highest BCUT2D eigenvalue weighted by Crippen LogP contribution is 2.46. The van der Waals surface area contributed by atoms with Crippen LogP contribution in [0.15, 0.2) is 36.4 Å². The number of nitrogens with zero attached hydrogens (tertiary/aromatic N) is 2. The standard InChI is InChI=1S/C27H30F2N2O2/c1-16(2)30-11-12-31-24-13-17(27(32)33)8-10-21(24)25(20-5-3-4-6-23(20)29)26(31)22-14-19(28)9-7-18(22)15-30/h7-10,13-14,16,20,23H,3-6,11-12,15H2,1-2H3,(H,32,33)/t20-,23-/m0/s1. The van der Waals surface area contributed by atoms with E-state index in [9.17, 15) is 14.3 Å². The molecule has 1 aliphatic heterocycles. The van der Waals surface area contributed by atoms with Gasteiger partial charge in [-0.05, 0) is 62.1 Å². The Labute approximate surface area is 192 Å². The Balaban J connectivity index is 1.84. The van der Waals surface area contributed by atoms with E-state index in [4.69, 9.17) is 0 Å². The molecular weight excluding hydrogens is 422 g/mol. The van der Waals surface area contributed by atoms with Gasteiger partial charge in [0.05, 0.1) is 11.3 Å². The lowest BCUT2D eigenvalue weighted by Crippen LogP contribution is -2.35. The number of hydrogen-bond donors (Lipinski definition) is 1. The van der Waals surface area contributed by atoms with Gasteiger partial charge < -0.3 is 9.67 Å². The van der Waals surface area contributed by atoms with Gasteiger partial charge in [-0.25, -0.2) is 13.6 Å². The lowest BCUT2D eigenvalue weighted by Gasteiger charge is -2.32. The number of aromatic carboxylic acids is 1. The van der Waals surface area contributed by atoms with Gasteiger partial charge in [0.15, 0.2) is 0 Å². The quantitative estimate of drug-likeness (QED) is 0.503. The van der Waals surface area contributed by atoms with Crippen molar-refractivity contribution in [3.05, 3.63) is 58.9 Å². The summed E-state index contributed by atoms with van der Waals surface area (Å²) in [5, 5.41) is 10.5. The second kappa shape index (κ2) is 8.56. The Morgan fingerprint density at radius 3 is 2.61 bits per heavy atom. The molecule has 1 aliphatic carbocycles. The molecule has 1 N–H and O–H groups in total. The molecule has 2 aromatic carbocycles. The summed E-state index contributed by atoms with van der Waals surface area (Å²) in [7, 11) is 0. The second-order valence-corrected chi connectivity index (χ2v) is 9.72. The van der Waals surface area contributed by atoms with Crippen LogP contribution in [0.5, 0.6) is 0 Å². The van der Waals surface area contributed by atoms with Crippen molar-refractivity contribution in [2.45, 2.75) is 70.8 Å². The number of carboxylic acid groups (broad SMARTS) is 1. The average molecular weight is 453 g/mol. The lowest BCUT2D eigenvalue weighted by molar-refractivity contribution is 0.0697. The first-order chi connectivity index (χ1) is 15.8. The van der Waals surface area contributed by atoms with Gasteiger partial charge >= 0.3 is 5.97 Å². The maximum atomic E-state index is 15.3. The van der Waals surface area contributed by atoms with Crippen molar-refractivity contribution in [1.29, 1.82) is 0 Å². The predicted molar refractivity (Wildman–Crippen MR) is 126 cm³/mol. The summed E-state index contributed by atoms with van der Waals surface area (Å²) in [6.45, 7) is 6.38. The number of alkyl halides is 1. The number of benzene rings is 2. The van der Waals surface area contributed by atoms with Crippen LogP contribution < -0.4 is 0 Å². The van der Waals surface area contributed by atoms with Crippen LogP contribution in [0.4, 0.5) is 8.78 Å². The first-order valence-electron chi connectivity index (χ1n) is 11.9. The van der Waals surface area contributed by atoms with E-state index in [-0.39, 0.29) is 17.3 Å². The largest absolute Gasteiger partial charge is 0.478 e. The SMILES string of the molecule is CC(C)N1CCn2c(c([C@H]3CCCC[C@@H]3F)c3ccc(C(=O)O)cc32)-c2cc(F)ccc2C1. The number of hydrogen-bond acceptors (Lipinski definition) is 2. The molecule has 174 valence electrons. The molecule has 2 aliphatic rings. The predicted octanol–water partition coefficient (Wildman–Crippen LogP) is 6.37. The van der Waals surface area contributed by atoms with Crippen LogP contribution in [0.1, 0.15) is 66.9 Å². The molecular formula is C27H30F2N2O2. The molecule has 33 heavy (non-hydrogen) atoms. The van der Waals surface area contributed by atoms with E-state index < -0.39 is 12.1 Å². The summed E-state index contributed by atoms with van der Waals surface area (Å²) < 4.78 is 32.0. The molecule has 0 radical (unpaired) electrons. The smallest absolute Gasteiger partial charge is 0.335 e. The summed E-state index contributed by atoms with van der Waals surface area (Å²) in [6, 6.07) is 10.3. The minimum Gasteiger partial charge on any atom is -0.478 e. The fourth-order valence-electron chi connectivity index (χ4n) is 5.69. The summed E-state index contributed by atoms with van der Waals surface area (Å²) in [4.78, 5) is 14.1. The number of halogens is 2. The highest BCUT2D eigenvalue weighted by Gasteiger charge is 2.34. The van der Waals surface area contributed by atoms with Crippen LogP contribution in [0.3, 0.4) is 0 Å². The Hall–Kier alpha value is -2.73. The van der Waals surface area contributed by atoms with Gasteiger partial charge in [0, 0.05) is 48.1 Å². The molecule has 1 saturated carbocycles. The van der Waals surface area contributed by atoms with E-state index in [2.05, 4.69) is 23.3 Å². The Bertz CT molecular complexity index is 1220. The highest BCUT2D eigenvalue weighted by molar-refractivity contribution is 5.98. The fraction of sp³-hybridized carbons (Fsp3) is 0.444. The van der Waals surface area contributed by atoms with Crippen molar-refractivity contribution in [1.82, 2.24) is 9.47 Å². The van der Waals surface area contributed by atoms with Gasteiger partial charge in [0.25, 0.3) is 0 Å². The number of carboxylic acids is 1. The monoisotopic (exact) mass is 452 g/mol.